The third-order valence-corrected chi connectivity index (χ3v) is 2.08. The van der Waals surface area contributed by atoms with Crippen LogP contribution < -0.4 is 11.1 Å². The van der Waals surface area contributed by atoms with Gasteiger partial charge in [-0.1, -0.05) is 30.3 Å². The van der Waals surface area contributed by atoms with Crippen molar-refractivity contribution in [1.29, 1.82) is 0 Å². The van der Waals surface area contributed by atoms with Gasteiger partial charge in [0.05, 0.1) is 6.04 Å². The number of amides is 1. The van der Waals surface area contributed by atoms with Gasteiger partial charge in [0.25, 0.3) is 0 Å². The zero-order valence-corrected chi connectivity index (χ0v) is 8.88. The van der Waals surface area contributed by atoms with Crippen LogP contribution in [0.4, 0.5) is 0 Å². The van der Waals surface area contributed by atoms with Crippen molar-refractivity contribution in [3.63, 3.8) is 0 Å². The van der Waals surface area contributed by atoms with E-state index in [1.165, 1.54) is 6.92 Å². The van der Waals surface area contributed by atoms with Crippen LogP contribution in [0.1, 0.15) is 18.5 Å². The van der Waals surface area contributed by atoms with Crippen molar-refractivity contribution in [3.8, 4) is 0 Å². The minimum atomic E-state index is -1.11. The minimum Gasteiger partial charge on any atom is -0.479 e. The molecular formula is C11H14N2O3. The molecule has 1 amide bonds. The van der Waals surface area contributed by atoms with Gasteiger partial charge in [-0.15, -0.1) is 0 Å². The van der Waals surface area contributed by atoms with E-state index in [1.807, 2.05) is 0 Å². The maximum absolute atomic E-state index is 11.3. The molecule has 0 fully saturated rings. The molecule has 5 nitrogen and oxygen atoms in total. The molecule has 0 aromatic heterocycles. The number of nitrogens with one attached hydrogen (secondary N) is 1. The van der Waals surface area contributed by atoms with E-state index in [-0.39, 0.29) is 0 Å². The summed E-state index contributed by atoms with van der Waals surface area (Å²) < 4.78 is 0. The summed E-state index contributed by atoms with van der Waals surface area (Å²) in [6.45, 7) is 1.50. The number of benzene rings is 1. The SMILES string of the molecule is C[C@H](N)C(=O)NC(C(=O)O)c1ccccc1. The van der Waals surface area contributed by atoms with Crippen molar-refractivity contribution in [2.75, 3.05) is 0 Å². The van der Waals surface area contributed by atoms with Gasteiger partial charge in [0.2, 0.25) is 5.91 Å². The molecule has 1 unspecified atom stereocenters. The minimum absolute atomic E-state index is 0.490. The number of aliphatic carboxylic acids is 1. The van der Waals surface area contributed by atoms with Gasteiger partial charge in [0.15, 0.2) is 6.04 Å². The third kappa shape index (κ3) is 3.06. The van der Waals surface area contributed by atoms with Crippen LogP contribution in [0.2, 0.25) is 0 Å². The number of carboxylic acids is 1. The normalized spacial score (nSPS) is 13.9. The fourth-order valence-corrected chi connectivity index (χ4v) is 1.21. The highest BCUT2D eigenvalue weighted by atomic mass is 16.4. The monoisotopic (exact) mass is 222 g/mol. The van der Waals surface area contributed by atoms with Gasteiger partial charge in [0, 0.05) is 0 Å². The first kappa shape index (κ1) is 12.2. The molecule has 0 heterocycles. The molecule has 0 radical (unpaired) electrons. The Bertz CT molecular complexity index is 376. The van der Waals surface area contributed by atoms with Crippen molar-refractivity contribution in [2.45, 2.75) is 19.0 Å². The molecule has 0 bridgehead atoms. The van der Waals surface area contributed by atoms with Gasteiger partial charge >= 0.3 is 5.97 Å². The molecule has 0 saturated carbocycles. The second-order valence-electron chi connectivity index (χ2n) is 3.48. The maximum Gasteiger partial charge on any atom is 0.330 e. The van der Waals surface area contributed by atoms with Crippen LogP contribution in [0.5, 0.6) is 0 Å². The first-order valence-corrected chi connectivity index (χ1v) is 4.86. The Hall–Kier alpha value is -1.88. The lowest BCUT2D eigenvalue weighted by Crippen LogP contribution is -2.42. The zero-order chi connectivity index (χ0) is 12.1. The molecule has 5 heteroatoms. The number of carbonyl (C=O) groups excluding carboxylic acids is 1. The predicted molar refractivity (Wildman–Crippen MR) is 58.6 cm³/mol. The summed E-state index contributed by atoms with van der Waals surface area (Å²) in [7, 11) is 0. The number of rotatable bonds is 4. The summed E-state index contributed by atoms with van der Waals surface area (Å²) in [5, 5.41) is 11.4. The van der Waals surface area contributed by atoms with Crippen molar-refractivity contribution in [1.82, 2.24) is 5.32 Å². The average molecular weight is 222 g/mol. The van der Waals surface area contributed by atoms with Crippen molar-refractivity contribution < 1.29 is 14.7 Å². The molecule has 2 atom stereocenters. The first-order chi connectivity index (χ1) is 7.52. The van der Waals surface area contributed by atoms with Gasteiger partial charge in [-0.3, -0.25) is 4.79 Å². The highest BCUT2D eigenvalue weighted by Crippen LogP contribution is 2.12. The van der Waals surface area contributed by atoms with Crippen molar-refractivity contribution in [3.05, 3.63) is 35.9 Å². The van der Waals surface area contributed by atoms with E-state index in [0.717, 1.165) is 0 Å². The number of hydrogen-bond acceptors (Lipinski definition) is 3. The number of nitrogens with two attached hydrogens (primary N) is 1. The largest absolute Gasteiger partial charge is 0.479 e. The lowest BCUT2D eigenvalue weighted by atomic mass is 10.1. The Morgan fingerprint density at radius 3 is 2.31 bits per heavy atom. The van der Waals surface area contributed by atoms with E-state index < -0.39 is 24.0 Å². The predicted octanol–water partition coefficient (Wildman–Crippen LogP) is 0.276. The molecule has 4 N–H and O–H groups in total. The van der Waals surface area contributed by atoms with Crippen LogP contribution in [0.25, 0.3) is 0 Å². The highest BCUT2D eigenvalue weighted by Gasteiger charge is 2.22. The van der Waals surface area contributed by atoms with Crippen LogP contribution in [-0.4, -0.2) is 23.0 Å². The maximum atomic E-state index is 11.3. The van der Waals surface area contributed by atoms with Crippen LogP contribution in [0.15, 0.2) is 30.3 Å². The Labute approximate surface area is 93.3 Å². The molecular weight excluding hydrogens is 208 g/mol. The third-order valence-electron chi connectivity index (χ3n) is 2.08. The Balaban J connectivity index is 2.85. The Morgan fingerprint density at radius 1 is 1.31 bits per heavy atom. The lowest BCUT2D eigenvalue weighted by Gasteiger charge is -2.16. The molecule has 0 aliphatic heterocycles. The summed E-state index contributed by atoms with van der Waals surface area (Å²) in [6, 6.07) is 6.69. The molecule has 1 rings (SSSR count). The van der Waals surface area contributed by atoms with E-state index in [4.69, 9.17) is 10.8 Å². The van der Waals surface area contributed by atoms with E-state index >= 15 is 0 Å². The molecule has 16 heavy (non-hydrogen) atoms. The van der Waals surface area contributed by atoms with Gasteiger partial charge in [0.1, 0.15) is 0 Å². The molecule has 1 aromatic rings. The highest BCUT2D eigenvalue weighted by molar-refractivity contribution is 5.87. The second kappa shape index (κ2) is 5.27. The first-order valence-electron chi connectivity index (χ1n) is 4.86. The van der Waals surface area contributed by atoms with Gasteiger partial charge in [-0.05, 0) is 12.5 Å². The Kier molecular flexibility index (Phi) is 4.02. The molecule has 0 aliphatic rings. The quantitative estimate of drug-likeness (QED) is 0.682. The van der Waals surface area contributed by atoms with Crippen LogP contribution in [0.3, 0.4) is 0 Å². The Morgan fingerprint density at radius 2 is 1.88 bits per heavy atom. The molecule has 86 valence electrons. The lowest BCUT2D eigenvalue weighted by molar-refractivity contribution is -0.142. The fourth-order valence-electron chi connectivity index (χ4n) is 1.21. The standard InChI is InChI=1S/C11H14N2O3/c1-7(12)10(14)13-9(11(15)16)8-5-3-2-4-6-8/h2-7,9H,12H2,1H3,(H,13,14)(H,15,16)/t7-,9?/m0/s1. The van der Waals surface area contributed by atoms with E-state index in [1.54, 1.807) is 30.3 Å². The van der Waals surface area contributed by atoms with Crippen LogP contribution >= 0.6 is 0 Å². The smallest absolute Gasteiger partial charge is 0.330 e. The summed E-state index contributed by atoms with van der Waals surface area (Å²) >= 11 is 0. The summed E-state index contributed by atoms with van der Waals surface area (Å²) in [5.74, 6) is -1.60. The van der Waals surface area contributed by atoms with Gasteiger partial charge in [-0.2, -0.15) is 0 Å². The second-order valence-corrected chi connectivity index (χ2v) is 3.48. The number of carboxylic acid groups (broad SMARTS) is 1. The van der Waals surface area contributed by atoms with Gasteiger partial charge < -0.3 is 16.2 Å². The molecule has 0 saturated heterocycles. The summed E-state index contributed by atoms with van der Waals surface area (Å²) in [4.78, 5) is 22.3. The topological polar surface area (TPSA) is 92.4 Å². The van der Waals surface area contributed by atoms with E-state index in [2.05, 4.69) is 5.32 Å². The number of hydrogen-bond donors (Lipinski definition) is 3. The average Bonchev–Trinajstić information content (AvgIpc) is 2.26. The fraction of sp³-hybridized carbons (Fsp3) is 0.273. The van der Waals surface area contributed by atoms with E-state index in [0.29, 0.717) is 5.56 Å². The number of carbonyl (C=O) groups is 2. The molecule has 0 aliphatic carbocycles. The molecule has 1 aromatic carbocycles. The van der Waals surface area contributed by atoms with Crippen molar-refractivity contribution >= 4 is 11.9 Å². The zero-order valence-electron chi connectivity index (χ0n) is 8.88. The summed E-state index contributed by atoms with van der Waals surface area (Å²) in [5.41, 5.74) is 5.88. The molecule has 0 spiro atoms. The van der Waals surface area contributed by atoms with Crippen LogP contribution in [0, 0.1) is 0 Å². The van der Waals surface area contributed by atoms with Gasteiger partial charge in [-0.25, -0.2) is 4.79 Å². The van der Waals surface area contributed by atoms with Crippen molar-refractivity contribution in [2.24, 2.45) is 5.73 Å². The van der Waals surface area contributed by atoms with E-state index in [9.17, 15) is 9.59 Å². The van der Waals surface area contributed by atoms with Crippen LogP contribution in [-0.2, 0) is 9.59 Å². The summed E-state index contributed by atoms with van der Waals surface area (Å²) in [6.07, 6.45) is 0.